The number of hydrogen-bond acceptors (Lipinski definition) is 6. The Morgan fingerprint density at radius 1 is 1.21 bits per heavy atom. The Labute approximate surface area is 171 Å². The minimum absolute atomic E-state index is 0.00156. The van der Waals surface area contributed by atoms with Gasteiger partial charge in [-0.1, -0.05) is 40.2 Å². The molecule has 9 heteroatoms. The fourth-order valence-electron chi connectivity index (χ4n) is 2.41. The molecule has 0 aromatic heterocycles. The number of nitrogens with zero attached hydrogens (tertiary/aromatic N) is 1. The van der Waals surface area contributed by atoms with Gasteiger partial charge < -0.3 is 4.74 Å². The zero-order valence-corrected chi connectivity index (χ0v) is 17.3. The minimum Gasteiger partial charge on any atom is -0.465 e. The van der Waals surface area contributed by atoms with Crippen LogP contribution in [0.15, 0.2) is 57.9 Å². The van der Waals surface area contributed by atoms with Crippen molar-refractivity contribution in [3.8, 4) is 6.07 Å². The predicted octanol–water partition coefficient (Wildman–Crippen LogP) is 2.81. The second kappa shape index (κ2) is 9.59. The number of rotatable bonds is 8. The van der Waals surface area contributed by atoms with Crippen LogP contribution in [0, 0.1) is 17.2 Å². The van der Waals surface area contributed by atoms with E-state index in [2.05, 4.69) is 20.7 Å². The molecule has 0 bridgehead atoms. The number of sulfonamides is 1. The Hall–Kier alpha value is -2.54. The van der Waals surface area contributed by atoms with Gasteiger partial charge in [-0.05, 0) is 36.8 Å². The van der Waals surface area contributed by atoms with Crippen molar-refractivity contribution in [3.63, 3.8) is 0 Å². The number of benzene rings is 2. The number of nitriles is 1. The molecule has 2 rings (SSSR count). The Balaban J connectivity index is 2.32. The maximum atomic E-state index is 12.7. The van der Waals surface area contributed by atoms with E-state index in [1.807, 2.05) is 6.07 Å². The number of Topliss-reactive ketones (excluding diaryl/α,β-unsaturated/α-hetero) is 1. The van der Waals surface area contributed by atoms with Gasteiger partial charge in [0.25, 0.3) is 0 Å². The van der Waals surface area contributed by atoms with Crippen LogP contribution in [0.5, 0.6) is 0 Å². The molecule has 7 nitrogen and oxygen atoms in total. The van der Waals surface area contributed by atoms with Gasteiger partial charge in [0.05, 0.1) is 17.6 Å². The number of ether oxygens (including phenoxy) is 1. The van der Waals surface area contributed by atoms with Gasteiger partial charge in [-0.25, -0.2) is 13.1 Å². The predicted molar refractivity (Wildman–Crippen MR) is 105 cm³/mol. The lowest BCUT2D eigenvalue weighted by atomic mass is 9.99. The third-order valence-corrected chi connectivity index (χ3v) is 5.66. The van der Waals surface area contributed by atoms with Crippen molar-refractivity contribution in [1.29, 1.82) is 5.26 Å². The first kappa shape index (κ1) is 21.8. The van der Waals surface area contributed by atoms with Crippen LogP contribution in [0.3, 0.4) is 0 Å². The summed E-state index contributed by atoms with van der Waals surface area (Å²) in [6, 6.07) is 14.1. The van der Waals surface area contributed by atoms with E-state index in [0.29, 0.717) is 5.56 Å². The van der Waals surface area contributed by atoms with E-state index >= 15 is 0 Å². The zero-order chi connectivity index (χ0) is 20.7. The topological polar surface area (TPSA) is 113 Å². The smallest absolute Gasteiger partial charge is 0.331 e. The van der Waals surface area contributed by atoms with Gasteiger partial charge in [0.2, 0.25) is 15.9 Å². The number of carbonyl (C=O) groups excluding carboxylic acids is 2. The van der Waals surface area contributed by atoms with E-state index in [0.717, 1.165) is 4.47 Å². The molecule has 0 radical (unpaired) electrons. The SMILES string of the molecule is CCOC(=O)C(C#N)C(=O)c1ccccc1S(=O)(=O)NCc1cccc(Br)c1. The Bertz CT molecular complexity index is 1030. The number of ketones is 1. The highest BCUT2D eigenvalue weighted by Gasteiger charge is 2.32. The number of halogens is 1. The lowest BCUT2D eigenvalue weighted by Gasteiger charge is -2.13. The number of carbonyl (C=O) groups is 2. The zero-order valence-electron chi connectivity index (χ0n) is 14.9. The van der Waals surface area contributed by atoms with E-state index < -0.39 is 27.7 Å². The van der Waals surface area contributed by atoms with Crippen molar-refractivity contribution in [2.75, 3.05) is 6.61 Å². The highest BCUT2D eigenvalue weighted by molar-refractivity contribution is 9.10. The molecule has 1 atom stereocenters. The highest BCUT2D eigenvalue weighted by Crippen LogP contribution is 2.20. The third kappa shape index (κ3) is 5.25. The van der Waals surface area contributed by atoms with Crippen LogP contribution < -0.4 is 4.72 Å². The number of nitrogens with one attached hydrogen (secondary N) is 1. The molecular weight excluding hydrogens is 448 g/mol. The summed E-state index contributed by atoms with van der Waals surface area (Å²) in [5.41, 5.74) is 0.465. The first-order valence-corrected chi connectivity index (χ1v) is 10.5. The van der Waals surface area contributed by atoms with Crippen molar-refractivity contribution in [1.82, 2.24) is 4.72 Å². The summed E-state index contributed by atoms with van der Waals surface area (Å²) >= 11 is 3.31. The van der Waals surface area contributed by atoms with E-state index in [1.165, 1.54) is 24.3 Å². The maximum absolute atomic E-state index is 12.7. The molecular formula is C19H17BrN2O5S. The normalized spacial score (nSPS) is 12.0. The summed E-state index contributed by atoms with van der Waals surface area (Å²) in [6.45, 7) is 1.54. The van der Waals surface area contributed by atoms with E-state index in [1.54, 1.807) is 31.2 Å². The molecule has 0 aliphatic rings. The number of esters is 1. The lowest BCUT2D eigenvalue weighted by Crippen LogP contribution is -2.29. The standard InChI is InChI=1S/C19H17BrN2O5S/c1-2-27-19(24)16(11-21)18(23)15-8-3-4-9-17(15)28(25,26)22-12-13-6-5-7-14(20)10-13/h3-10,16,22H,2,12H2,1H3. The fraction of sp³-hybridized carbons (Fsp3) is 0.211. The molecule has 0 aliphatic carbocycles. The summed E-state index contributed by atoms with van der Waals surface area (Å²) in [6.07, 6.45) is 0. The first-order chi connectivity index (χ1) is 13.3. The maximum Gasteiger partial charge on any atom is 0.331 e. The third-order valence-electron chi connectivity index (χ3n) is 3.71. The molecule has 0 aliphatic heterocycles. The average Bonchev–Trinajstić information content (AvgIpc) is 2.67. The van der Waals surface area contributed by atoms with Crippen molar-refractivity contribution in [2.45, 2.75) is 18.4 Å². The van der Waals surface area contributed by atoms with Gasteiger partial charge in [0, 0.05) is 16.6 Å². The van der Waals surface area contributed by atoms with Crippen LogP contribution in [0.4, 0.5) is 0 Å². The van der Waals surface area contributed by atoms with Crippen LogP contribution in [-0.4, -0.2) is 26.8 Å². The molecule has 0 amide bonds. The van der Waals surface area contributed by atoms with Crippen LogP contribution in [0.1, 0.15) is 22.8 Å². The van der Waals surface area contributed by atoms with Gasteiger partial charge in [-0.15, -0.1) is 0 Å². The molecule has 2 aromatic rings. The fourth-order valence-corrected chi connectivity index (χ4v) is 4.08. The van der Waals surface area contributed by atoms with Crippen molar-refractivity contribution < 1.29 is 22.7 Å². The van der Waals surface area contributed by atoms with Crippen LogP contribution in [-0.2, 0) is 26.1 Å². The Morgan fingerprint density at radius 3 is 2.57 bits per heavy atom. The van der Waals surface area contributed by atoms with Crippen LogP contribution in [0.25, 0.3) is 0 Å². The lowest BCUT2D eigenvalue weighted by molar-refractivity contribution is -0.144. The first-order valence-electron chi connectivity index (χ1n) is 8.23. The van der Waals surface area contributed by atoms with Gasteiger partial charge in [-0.3, -0.25) is 9.59 Å². The summed E-state index contributed by atoms with van der Waals surface area (Å²) < 4.78 is 33.4. The second-order valence-electron chi connectivity index (χ2n) is 5.63. The van der Waals surface area contributed by atoms with E-state index in [-0.39, 0.29) is 23.6 Å². The average molecular weight is 465 g/mol. The van der Waals surface area contributed by atoms with Crippen LogP contribution >= 0.6 is 15.9 Å². The van der Waals surface area contributed by atoms with Crippen molar-refractivity contribution in [2.24, 2.45) is 5.92 Å². The van der Waals surface area contributed by atoms with Gasteiger partial charge >= 0.3 is 5.97 Å². The highest BCUT2D eigenvalue weighted by atomic mass is 79.9. The summed E-state index contributed by atoms with van der Waals surface area (Å²) in [5.74, 6) is -3.67. The molecule has 28 heavy (non-hydrogen) atoms. The van der Waals surface area contributed by atoms with Crippen molar-refractivity contribution >= 4 is 37.7 Å². The molecule has 1 N–H and O–H groups in total. The molecule has 0 saturated heterocycles. The van der Waals surface area contributed by atoms with Gasteiger partial charge in [0.1, 0.15) is 0 Å². The van der Waals surface area contributed by atoms with E-state index in [4.69, 9.17) is 4.74 Å². The molecule has 0 heterocycles. The molecule has 2 aromatic carbocycles. The monoisotopic (exact) mass is 464 g/mol. The molecule has 146 valence electrons. The number of hydrogen-bond donors (Lipinski definition) is 1. The molecule has 0 fully saturated rings. The minimum atomic E-state index is -4.07. The summed E-state index contributed by atoms with van der Waals surface area (Å²) in [4.78, 5) is 24.2. The Morgan fingerprint density at radius 2 is 1.93 bits per heavy atom. The molecule has 0 saturated carbocycles. The summed E-state index contributed by atoms with van der Waals surface area (Å²) in [5, 5.41) is 9.19. The largest absolute Gasteiger partial charge is 0.465 e. The van der Waals surface area contributed by atoms with Crippen molar-refractivity contribution in [3.05, 3.63) is 64.1 Å². The van der Waals surface area contributed by atoms with Gasteiger partial charge in [-0.2, -0.15) is 5.26 Å². The second-order valence-corrected chi connectivity index (χ2v) is 8.28. The van der Waals surface area contributed by atoms with Crippen LogP contribution in [0.2, 0.25) is 0 Å². The van der Waals surface area contributed by atoms with E-state index in [9.17, 15) is 23.3 Å². The molecule has 1 unspecified atom stereocenters. The van der Waals surface area contributed by atoms with Gasteiger partial charge in [0.15, 0.2) is 5.78 Å². The summed E-state index contributed by atoms with van der Waals surface area (Å²) in [7, 11) is -4.07. The quantitative estimate of drug-likeness (QED) is 0.365. The molecule has 0 spiro atoms. The Kier molecular flexibility index (Phi) is 7.45.